The fraction of sp³-hybridized carbons (Fsp3) is 0.556. The van der Waals surface area contributed by atoms with Crippen molar-refractivity contribution in [3.63, 3.8) is 0 Å². The van der Waals surface area contributed by atoms with Crippen LogP contribution in [0.3, 0.4) is 0 Å². The molecule has 1 atom stereocenters. The van der Waals surface area contributed by atoms with Gasteiger partial charge in [-0.05, 0) is 73.5 Å². The highest BCUT2D eigenvalue weighted by Crippen LogP contribution is 2.59. The molecule has 0 aromatic heterocycles. The number of hydrogen-bond acceptors (Lipinski definition) is 3. The molecule has 108 valence electrons. The molecule has 3 saturated carbocycles. The fourth-order valence-electron chi connectivity index (χ4n) is 4.41. The summed E-state index contributed by atoms with van der Waals surface area (Å²) in [4.78, 5) is 0. The van der Waals surface area contributed by atoms with Crippen molar-refractivity contribution in [2.75, 3.05) is 0 Å². The normalized spacial score (nSPS) is 32.1. The minimum atomic E-state index is -0.314. The van der Waals surface area contributed by atoms with Crippen molar-refractivity contribution in [3.05, 3.63) is 35.4 Å². The molecule has 0 amide bonds. The van der Waals surface area contributed by atoms with E-state index < -0.39 is 0 Å². The van der Waals surface area contributed by atoms with Gasteiger partial charge in [0.25, 0.3) is 0 Å². The molecule has 21 heavy (non-hydrogen) atoms. The quantitative estimate of drug-likeness (QED) is 0.921. The Labute approximate surface area is 126 Å². The van der Waals surface area contributed by atoms with Crippen LogP contribution in [0, 0.1) is 28.1 Å². The largest absolute Gasteiger partial charge is 0.316 e. The lowest BCUT2D eigenvalue weighted by Gasteiger charge is -2.54. The molecule has 0 saturated heterocycles. The molecule has 4 rings (SSSR count). The lowest BCUT2D eigenvalue weighted by Crippen LogP contribution is -2.46. The highest BCUT2D eigenvalue weighted by atomic mass is 14.7. The van der Waals surface area contributed by atoms with Crippen molar-refractivity contribution in [2.45, 2.75) is 56.4 Å². The molecule has 3 heteroatoms. The molecule has 1 aromatic carbocycles. The zero-order valence-electron chi connectivity index (χ0n) is 12.3. The fourth-order valence-corrected chi connectivity index (χ4v) is 4.41. The van der Waals surface area contributed by atoms with Crippen LogP contribution in [0.2, 0.25) is 0 Å². The first kappa shape index (κ1) is 14.1. The zero-order chi connectivity index (χ0) is 14.9. The Morgan fingerprint density at radius 1 is 1.00 bits per heavy atom. The van der Waals surface area contributed by atoms with Gasteiger partial charge in [-0.15, -0.1) is 0 Å². The molecule has 3 aliphatic carbocycles. The lowest BCUT2D eigenvalue weighted by atomic mass is 9.50. The number of benzene rings is 1. The Morgan fingerprint density at radius 3 is 2.05 bits per heavy atom. The lowest BCUT2D eigenvalue weighted by molar-refractivity contribution is 0.0307. The second-order valence-corrected chi connectivity index (χ2v) is 6.91. The van der Waals surface area contributed by atoms with Crippen LogP contribution >= 0.6 is 0 Å². The summed E-state index contributed by atoms with van der Waals surface area (Å²) in [5.41, 5.74) is 8.59. The van der Waals surface area contributed by atoms with E-state index in [0.717, 1.165) is 12.0 Å². The second-order valence-electron chi connectivity index (χ2n) is 6.91. The van der Waals surface area contributed by atoms with Crippen LogP contribution in [0.1, 0.15) is 56.1 Å². The van der Waals surface area contributed by atoms with Crippen LogP contribution in [0.4, 0.5) is 0 Å². The molecule has 0 radical (unpaired) electrons. The average Bonchev–Trinajstić information content (AvgIpc) is 2.56. The van der Waals surface area contributed by atoms with E-state index in [1.54, 1.807) is 0 Å². The van der Waals surface area contributed by atoms with E-state index in [9.17, 15) is 0 Å². The van der Waals surface area contributed by atoms with Gasteiger partial charge in [-0.3, -0.25) is 0 Å². The summed E-state index contributed by atoms with van der Waals surface area (Å²) in [5.74, 6) is 0. The maximum absolute atomic E-state index is 8.96. The van der Waals surface area contributed by atoms with Crippen molar-refractivity contribution in [2.24, 2.45) is 11.1 Å². The third-order valence-corrected chi connectivity index (χ3v) is 5.85. The number of rotatable bonds is 3. The monoisotopic (exact) mass is 279 g/mol. The van der Waals surface area contributed by atoms with Crippen LogP contribution < -0.4 is 5.73 Å². The van der Waals surface area contributed by atoms with E-state index in [1.165, 1.54) is 44.1 Å². The van der Waals surface area contributed by atoms with Crippen LogP contribution in [-0.2, 0) is 5.41 Å². The standard InChI is InChI=1S/C18H21N3/c19-12-14-1-3-15(4-2-14)18-8-5-17(6-9-18,7-10-18)11-16(21)13-20/h1-4,16H,5-11,21H2. The van der Waals surface area contributed by atoms with E-state index in [1.807, 2.05) is 12.1 Å². The first-order chi connectivity index (χ1) is 10.1. The van der Waals surface area contributed by atoms with Crippen LogP contribution in [-0.4, -0.2) is 6.04 Å². The molecule has 0 heterocycles. The summed E-state index contributed by atoms with van der Waals surface area (Å²) in [5, 5.41) is 17.9. The third-order valence-electron chi connectivity index (χ3n) is 5.85. The van der Waals surface area contributed by atoms with Gasteiger partial charge in [-0.1, -0.05) is 12.1 Å². The third kappa shape index (κ3) is 2.43. The summed E-state index contributed by atoms with van der Waals surface area (Å²) in [6.45, 7) is 0. The van der Waals surface area contributed by atoms with Gasteiger partial charge in [0.1, 0.15) is 0 Å². The molecule has 0 spiro atoms. The minimum Gasteiger partial charge on any atom is -0.316 e. The SMILES string of the molecule is N#Cc1ccc(C23CCC(CC(N)C#N)(CC2)CC3)cc1. The van der Waals surface area contributed by atoms with Crippen molar-refractivity contribution >= 4 is 0 Å². The summed E-state index contributed by atoms with van der Waals surface area (Å²) >= 11 is 0. The molecule has 2 N–H and O–H groups in total. The molecular formula is C18H21N3. The molecule has 1 aromatic rings. The zero-order valence-corrected chi connectivity index (χ0v) is 12.3. The van der Waals surface area contributed by atoms with E-state index >= 15 is 0 Å². The number of hydrogen-bond donors (Lipinski definition) is 1. The number of fused-ring (bicyclic) bond motifs is 3. The van der Waals surface area contributed by atoms with Gasteiger partial charge >= 0.3 is 0 Å². The predicted octanol–water partition coefficient (Wildman–Crippen LogP) is 3.39. The summed E-state index contributed by atoms with van der Waals surface area (Å²) in [6.07, 6.45) is 7.98. The maximum atomic E-state index is 8.96. The predicted molar refractivity (Wildman–Crippen MR) is 81.2 cm³/mol. The molecule has 3 nitrogen and oxygen atoms in total. The number of nitrogens with zero attached hydrogens (tertiary/aromatic N) is 2. The number of nitriles is 2. The molecule has 3 fully saturated rings. The Balaban J connectivity index is 1.77. The molecule has 2 bridgehead atoms. The van der Waals surface area contributed by atoms with Crippen molar-refractivity contribution < 1.29 is 0 Å². The first-order valence-electron chi connectivity index (χ1n) is 7.77. The van der Waals surface area contributed by atoms with Gasteiger partial charge < -0.3 is 5.73 Å². The molecule has 0 aliphatic heterocycles. The average molecular weight is 279 g/mol. The molecule has 3 aliphatic rings. The van der Waals surface area contributed by atoms with Crippen molar-refractivity contribution in [1.82, 2.24) is 0 Å². The highest BCUT2D eigenvalue weighted by molar-refractivity contribution is 5.36. The molecule has 1 unspecified atom stereocenters. The minimum absolute atomic E-state index is 0.298. The van der Waals surface area contributed by atoms with E-state index in [2.05, 4.69) is 24.3 Å². The Morgan fingerprint density at radius 2 is 1.57 bits per heavy atom. The summed E-state index contributed by atoms with van der Waals surface area (Å²) in [6, 6.07) is 12.2. The van der Waals surface area contributed by atoms with E-state index in [0.29, 0.717) is 10.8 Å². The van der Waals surface area contributed by atoms with Gasteiger partial charge in [0.15, 0.2) is 0 Å². The molecular weight excluding hydrogens is 258 g/mol. The van der Waals surface area contributed by atoms with E-state index in [-0.39, 0.29) is 6.04 Å². The van der Waals surface area contributed by atoms with Crippen LogP contribution in [0.15, 0.2) is 24.3 Å². The van der Waals surface area contributed by atoms with Crippen LogP contribution in [0.5, 0.6) is 0 Å². The van der Waals surface area contributed by atoms with Gasteiger partial charge in [0.05, 0.1) is 23.7 Å². The van der Waals surface area contributed by atoms with Crippen LogP contribution in [0.25, 0.3) is 0 Å². The number of nitrogens with two attached hydrogens (primary N) is 1. The summed E-state index contributed by atoms with van der Waals surface area (Å²) in [7, 11) is 0. The second kappa shape index (κ2) is 5.17. The van der Waals surface area contributed by atoms with Gasteiger partial charge in [-0.2, -0.15) is 10.5 Å². The first-order valence-corrected chi connectivity index (χ1v) is 7.77. The topological polar surface area (TPSA) is 73.6 Å². The van der Waals surface area contributed by atoms with Gasteiger partial charge in [0.2, 0.25) is 0 Å². The Kier molecular flexibility index (Phi) is 3.47. The van der Waals surface area contributed by atoms with Gasteiger partial charge in [0, 0.05) is 0 Å². The summed E-state index contributed by atoms with van der Waals surface area (Å²) < 4.78 is 0. The Hall–Kier alpha value is -1.84. The van der Waals surface area contributed by atoms with Gasteiger partial charge in [-0.25, -0.2) is 0 Å². The van der Waals surface area contributed by atoms with Crippen molar-refractivity contribution in [3.8, 4) is 12.1 Å². The Bertz CT molecular complexity index is 578. The maximum Gasteiger partial charge on any atom is 0.0991 e. The highest BCUT2D eigenvalue weighted by Gasteiger charge is 2.49. The smallest absolute Gasteiger partial charge is 0.0991 e. The van der Waals surface area contributed by atoms with Crippen molar-refractivity contribution in [1.29, 1.82) is 10.5 Å². The van der Waals surface area contributed by atoms with E-state index in [4.69, 9.17) is 16.3 Å².